The minimum absolute atomic E-state index is 0.000866. The van der Waals surface area contributed by atoms with E-state index in [-0.39, 0.29) is 95.9 Å². The third kappa shape index (κ3) is 46.5. The second-order valence-corrected chi connectivity index (χ2v) is 36.5. The summed E-state index contributed by atoms with van der Waals surface area (Å²) >= 11 is 33.5. The molecule has 7 heterocycles. The van der Waals surface area contributed by atoms with Crippen molar-refractivity contribution in [1.29, 1.82) is 0 Å². The van der Waals surface area contributed by atoms with Crippen molar-refractivity contribution in [3.8, 4) is 28.7 Å². The van der Waals surface area contributed by atoms with Crippen molar-refractivity contribution in [3.05, 3.63) is 235 Å². The molecular formula is C104H148B2Cl7F4N13O16. The van der Waals surface area contributed by atoms with Crippen LogP contribution in [0.2, 0.25) is 0 Å². The zero-order valence-electron chi connectivity index (χ0n) is 87.6. The number of aromatic hydroxyl groups is 1. The molecule has 42 heteroatoms. The van der Waals surface area contributed by atoms with Crippen LogP contribution in [0.1, 0.15) is 255 Å². The highest BCUT2D eigenvalue weighted by atomic mass is 35.5. The first-order valence-electron chi connectivity index (χ1n) is 48.6. The number of para-hydroxylation sites is 4. The minimum Gasteiger partial charge on any atom is -0.508 e. The van der Waals surface area contributed by atoms with Crippen LogP contribution in [-0.2, 0) is 24.0 Å². The van der Waals surface area contributed by atoms with Gasteiger partial charge in [0.15, 0.2) is 11.4 Å². The van der Waals surface area contributed by atoms with Crippen LogP contribution in [0.4, 0.5) is 42.1 Å². The van der Waals surface area contributed by atoms with Crippen molar-refractivity contribution in [2.45, 2.75) is 226 Å². The van der Waals surface area contributed by atoms with Gasteiger partial charge in [0.05, 0.1) is 27.4 Å². The third-order valence-corrected chi connectivity index (χ3v) is 22.2. The lowest BCUT2D eigenvalue weighted by Crippen LogP contribution is -2.50. The smallest absolute Gasteiger partial charge is 0.508 e. The fraction of sp³-hybridized carbons (Fsp3) is 0.462. The average molecular weight is 2180 g/mol. The molecule has 0 bridgehead atoms. The molecule has 12 rings (SSSR count). The largest absolute Gasteiger partial charge is 0.737 e. The lowest BCUT2D eigenvalue weighted by atomic mass is 9.90. The second-order valence-electron chi connectivity index (χ2n) is 33.8. The maximum atomic E-state index is 15.5. The number of benzene rings is 5. The van der Waals surface area contributed by atoms with Gasteiger partial charge >= 0.3 is 43.6 Å². The number of ketones is 1. The number of allylic oxidation sites excluding steroid dienone is 4. The lowest BCUT2D eigenvalue weighted by Gasteiger charge is -2.30. The summed E-state index contributed by atoms with van der Waals surface area (Å²) in [6.45, 7) is 42.1. The predicted octanol–water partition coefficient (Wildman–Crippen LogP) is 25.2. The Labute approximate surface area is 893 Å². The Morgan fingerprint density at radius 1 is 0.486 bits per heavy atom. The topological polar surface area (TPSA) is 360 Å². The van der Waals surface area contributed by atoms with Gasteiger partial charge < -0.3 is 101 Å². The molecule has 8 N–H and O–H groups in total. The van der Waals surface area contributed by atoms with Gasteiger partial charge in [-0.15, -0.1) is 74.7 Å². The number of rotatable bonds is 31. The van der Waals surface area contributed by atoms with Gasteiger partial charge in [-0.25, -0.2) is 24.0 Å². The van der Waals surface area contributed by atoms with Crippen molar-refractivity contribution < 1.29 is 98.4 Å². The van der Waals surface area contributed by atoms with Gasteiger partial charge in [-0.05, 0) is 210 Å². The maximum absolute atomic E-state index is 15.5. The molecule has 146 heavy (non-hydrogen) atoms. The van der Waals surface area contributed by atoms with Gasteiger partial charge in [0.25, 0.3) is 17.5 Å². The number of carbonyl (C=O) groups is 8. The number of nitrogens with zero attached hydrogens (tertiary/aromatic N) is 8. The van der Waals surface area contributed by atoms with E-state index in [4.69, 9.17) is 112 Å². The summed E-state index contributed by atoms with van der Waals surface area (Å²) in [7, 11) is 0. The van der Waals surface area contributed by atoms with E-state index in [1.807, 2.05) is 107 Å². The van der Waals surface area contributed by atoms with Crippen molar-refractivity contribution in [2.75, 3.05) is 88.0 Å². The molecule has 5 aromatic carbocycles. The Bertz CT molecular complexity index is 5310. The molecule has 0 radical (unpaired) electrons. The number of ether oxygens (including phenoxy) is 4. The van der Waals surface area contributed by atoms with E-state index in [1.54, 1.807) is 87.6 Å². The van der Waals surface area contributed by atoms with E-state index < -0.39 is 54.3 Å². The van der Waals surface area contributed by atoms with Crippen molar-refractivity contribution in [3.63, 3.8) is 0 Å². The third-order valence-electron chi connectivity index (χ3n) is 22.1. The number of hydroxylamine groups is 2. The number of non-ortho nitro benzene ring substituents is 1. The number of nitro benzene ring substituents is 1. The van der Waals surface area contributed by atoms with Gasteiger partial charge in [-0.2, -0.15) is 0 Å². The molecule has 0 spiro atoms. The van der Waals surface area contributed by atoms with Crippen LogP contribution in [-0.4, -0.2) is 203 Å². The normalized spacial score (nSPS) is 13.0. The number of aromatic nitrogens is 2. The van der Waals surface area contributed by atoms with E-state index in [0.717, 1.165) is 70.7 Å². The van der Waals surface area contributed by atoms with Crippen LogP contribution in [0.15, 0.2) is 169 Å². The van der Waals surface area contributed by atoms with E-state index in [2.05, 4.69) is 120 Å². The molecular weight excluding hydrogens is 2030 g/mol. The number of hydrogen-bond donors (Lipinski definition) is 6. The zero-order chi connectivity index (χ0) is 111. The van der Waals surface area contributed by atoms with Crippen LogP contribution >= 0.6 is 81.2 Å². The van der Waals surface area contributed by atoms with E-state index in [1.165, 1.54) is 63.5 Å². The predicted molar refractivity (Wildman–Crippen MR) is 585 cm³/mol. The average Bonchev–Trinajstić information content (AvgIpc) is 1.57. The van der Waals surface area contributed by atoms with Gasteiger partial charge in [-0.1, -0.05) is 184 Å². The van der Waals surface area contributed by atoms with Crippen LogP contribution < -0.4 is 46.4 Å². The molecule has 29 nitrogen and oxygen atoms in total. The molecule has 7 aromatic rings. The number of amides is 5. The van der Waals surface area contributed by atoms with E-state index in [9.17, 15) is 53.6 Å². The fourth-order valence-electron chi connectivity index (χ4n) is 14.7. The summed E-state index contributed by atoms with van der Waals surface area (Å²) in [5.74, 6) is 1.62. The number of phenols is 1. The van der Waals surface area contributed by atoms with Crippen molar-refractivity contribution >= 4 is 172 Å². The quantitative estimate of drug-likeness (QED) is 0.00343. The number of phenolic OH excluding ortho intramolecular Hbond substituents is 1. The summed E-state index contributed by atoms with van der Waals surface area (Å²) in [5, 5.41) is 28.4. The molecule has 5 amide bonds. The van der Waals surface area contributed by atoms with Gasteiger partial charge in [-0.3, -0.25) is 24.5 Å². The number of nitrogens with one attached hydrogen (secondary N) is 3. The van der Waals surface area contributed by atoms with Crippen LogP contribution in [0.5, 0.6) is 28.7 Å². The number of Topliss-reactive ketones (excluding diaryl/α,β-unsaturated/α-hetero) is 1. The highest BCUT2D eigenvalue weighted by Crippen LogP contribution is 2.38. The van der Waals surface area contributed by atoms with E-state index >= 15 is 17.3 Å². The molecule has 808 valence electrons. The molecule has 2 aromatic heterocycles. The molecule has 0 unspecified atom stereocenters. The Balaban J connectivity index is 0.000000864. The number of fused-ring (bicyclic) bond motifs is 4. The zero-order valence-corrected chi connectivity index (χ0v) is 92.9. The molecule has 0 saturated carbocycles. The first-order valence-corrected chi connectivity index (χ1v) is 52.2. The standard InChI is InChI=1S/C27H32BF2N3O3.C18H18BF2N3O4.C13H19NO2.C12H18N2O2.C9H12O.C7H4ClNO4.2C6H15N.C3H9N.3CH2Cl2/c1-18(2)24-9-5-6-10-26(24)36-27(35)31-15-7-8-23(34)14-13-21-11-12-22-17-25-19(3)16-20(4)32(25)28(29,30)33(21)22;1-11-9-12(2)22-15(11)10-14-4-3-13(23(14)19(22,20)21)5-8-18(27)28-24-16(25)6-7-17(24)26;1-4-9-14-13(15)16-12-8-6-5-7-11(12)10(2)3;1-9(2)10-5-3-4-6-11(10)16-12(15)14-8-7-13;1-7(2)8-5-3-4-6-9(8)10;8-7(10)13-6-3-1-5(2-4-6)9(11)12;2*1-4-7(5-2)6-3;1-2-3-4;3*2-1-3/h5-6,9-12,16-18H,7-8,13-15H2,1-4H3,(H,31,35);3-4,9-10H,5-8H2,1-2H3;5-8,10H,4,9H2,1-3H3,(H,14,15);3-6,9H,7-8,13H2,1-2H3,(H,14,15);3-7,10H,1-2H3;1-4H;2*4-6H2,1-3H3;2-4H2,1H3;3*1H2. The fourth-order valence-corrected chi connectivity index (χ4v) is 14.8. The molecule has 1 saturated heterocycles. The molecule has 5 aliphatic heterocycles. The Hall–Kier alpha value is -10.6. The molecule has 0 atom stereocenters. The van der Waals surface area contributed by atoms with Crippen LogP contribution in [0, 0.1) is 37.8 Å². The molecule has 5 aliphatic rings. The van der Waals surface area contributed by atoms with Gasteiger partial charge in [0.1, 0.15) is 46.0 Å². The van der Waals surface area contributed by atoms with Crippen LogP contribution in [0.25, 0.3) is 12.2 Å². The monoisotopic (exact) mass is 2180 g/mol. The summed E-state index contributed by atoms with van der Waals surface area (Å²) in [6, 6.07) is 38.5. The molecule has 0 aliphatic carbocycles. The summed E-state index contributed by atoms with van der Waals surface area (Å²) in [4.78, 5) is 112. The summed E-state index contributed by atoms with van der Waals surface area (Å²) in [5.41, 5.74) is 18.4. The number of imide groups is 1. The Kier molecular flexibility index (Phi) is 66.5. The van der Waals surface area contributed by atoms with Crippen molar-refractivity contribution in [2.24, 2.45) is 11.5 Å². The number of alkyl halides is 6. The molecule has 1 fully saturated rings. The number of nitrogens with two attached hydrogens (primary N) is 2. The number of aryl methyl sites for hydroxylation is 4. The number of nitro groups is 1. The van der Waals surface area contributed by atoms with Crippen LogP contribution in [0.3, 0.4) is 0 Å². The van der Waals surface area contributed by atoms with Gasteiger partial charge in [0, 0.05) is 136 Å². The highest BCUT2D eigenvalue weighted by Gasteiger charge is 2.54. The highest BCUT2D eigenvalue weighted by molar-refractivity contribution is 6.61. The maximum Gasteiger partial charge on any atom is 0.737 e. The first kappa shape index (κ1) is 133. The Morgan fingerprint density at radius 3 is 1.14 bits per heavy atom. The SMILES string of the molecule is CC(C)c1ccccc1O.CC(C)c1ccccc1OC(=O)NCCN.CCCN.CCCNC(=O)Oc1ccccc1C(C)C.CCN(CC)CC.CCN(CC)CC.Cc1cc(C)n2c1C=C1C=CC(CCC(=O)CCCNC(=O)Oc3ccccc3C(C)C)=[N+]1[B-]2(F)F.Cc1cc(C)n2c1C=C1C=CC(CCC(=O)ON3C(=O)CCC3=O)=[N+]1[B-]2(F)F.ClCCl.ClCCl.ClCCl.O=C(Cl)Oc1ccc([N+](=O)[O-])cc1. The summed E-state index contributed by atoms with van der Waals surface area (Å²) < 4.78 is 86.0. The first-order chi connectivity index (χ1) is 69.2. The summed E-state index contributed by atoms with van der Waals surface area (Å²) in [6.07, 6.45) is 11.5. The van der Waals surface area contributed by atoms with E-state index in [0.29, 0.717) is 118 Å². The number of hydrogen-bond acceptors (Lipinski definition) is 20. The minimum atomic E-state index is -4.10. The van der Waals surface area contributed by atoms with Gasteiger partial charge in [0.2, 0.25) is 0 Å². The van der Waals surface area contributed by atoms with Crippen molar-refractivity contribution in [1.82, 2.24) is 39.8 Å². The number of carbonyl (C=O) groups excluding carboxylic acids is 8. The Morgan fingerprint density at radius 2 is 0.829 bits per heavy atom. The number of halogens is 11. The second kappa shape index (κ2) is 72.7. The lowest BCUT2D eigenvalue weighted by molar-refractivity contribution is -0.384.